The Bertz CT molecular complexity index is 622. The lowest BCUT2D eigenvalue weighted by molar-refractivity contribution is 0.0793. The molecule has 0 atom stereocenters. The molecule has 1 fully saturated rings. The maximum Gasteiger partial charge on any atom is 0.253 e. The molecule has 0 saturated carbocycles. The van der Waals surface area contributed by atoms with Crippen molar-refractivity contribution in [1.29, 1.82) is 0 Å². The number of benzene rings is 1. The summed E-state index contributed by atoms with van der Waals surface area (Å²) in [5, 5.41) is 0.996. The van der Waals surface area contributed by atoms with Crippen LogP contribution in [-0.4, -0.2) is 28.9 Å². The minimum absolute atomic E-state index is 0.148. The van der Waals surface area contributed by atoms with Gasteiger partial charge in [0.1, 0.15) is 5.01 Å². The van der Waals surface area contributed by atoms with Crippen LogP contribution in [0.2, 0.25) is 0 Å². The third-order valence-corrected chi connectivity index (χ3v) is 4.90. The number of aromatic nitrogens is 1. The molecule has 104 valence electrons. The van der Waals surface area contributed by atoms with Crippen molar-refractivity contribution >= 4 is 17.2 Å². The second-order valence-corrected chi connectivity index (χ2v) is 6.44. The summed E-state index contributed by atoms with van der Waals surface area (Å²) in [6, 6.07) is 7.85. The van der Waals surface area contributed by atoms with Gasteiger partial charge in [0, 0.05) is 29.1 Å². The Labute approximate surface area is 123 Å². The van der Waals surface area contributed by atoms with Crippen molar-refractivity contribution in [3.63, 3.8) is 0 Å². The summed E-state index contributed by atoms with van der Waals surface area (Å²) in [4.78, 5) is 20.2. The average molecular weight is 286 g/mol. The maximum absolute atomic E-state index is 12.4. The van der Waals surface area contributed by atoms with Gasteiger partial charge in [0.15, 0.2) is 0 Å². The van der Waals surface area contributed by atoms with Crippen LogP contribution in [0.15, 0.2) is 24.3 Å². The molecule has 0 spiro atoms. The SMILES string of the molecule is Cc1nc(-c2cccc(C(=O)N3CCCC3)c2)sc1C. The average Bonchev–Trinajstić information content (AvgIpc) is 3.09. The molecule has 1 saturated heterocycles. The van der Waals surface area contributed by atoms with Gasteiger partial charge in [0.25, 0.3) is 5.91 Å². The van der Waals surface area contributed by atoms with Gasteiger partial charge in [0.05, 0.1) is 5.69 Å². The van der Waals surface area contributed by atoms with Crippen LogP contribution in [0, 0.1) is 13.8 Å². The van der Waals surface area contributed by atoms with E-state index in [1.165, 1.54) is 4.88 Å². The minimum atomic E-state index is 0.148. The summed E-state index contributed by atoms with van der Waals surface area (Å²) in [5.41, 5.74) is 2.88. The molecular weight excluding hydrogens is 268 g/mol. The van der Waals surface area contributed by atoms with E-state index in [-0.39, 0.29) is 5.91 Å². The normalized spacial score (nSPS) is 14.8. The van der Waals surface area contributed by atoms with E-state index in [4.69, 9.17) is 0 Å². The van der Waals surface area contributed by atoms with Gasteiger partial charge in [-0.3, -0.25) is 4.79 Å². The highest BCUT2D eigenvalue weighted by Gasteiger charge is 2.20. The molecule has 1 aromatic carbocycles. The smallest absolute Gasteiger partial charge is 0.253 e. The molecule has 0 radical (unpaired) electrons. The molecule has 4 heteroatoms. The zero-order valence-corrected chi connectivity index (χ0v) is 12.7. The molecule has 1 aliphatic rings. The highest BCUT2D eigenvalue weighted by atomic mass is 32.1. The first-order chi connectivity index (χ1) is 9.65. The number of rotatable bonds is 2. The number of hydrogen-bond acceptors (Lipinski definition) is 3. The van der Waals surface area contributed by atoms with Crippen LogP contribution in [0.5, 0.6) is 0 Å². The van der Waals surface area contributed by atoms with Crippen molar-refractivity contribution < 1.29 is 4.79 Å². The largest absolute Gasteiger partial charge is 0.339 e. The Morgan fingerprint density at radius 3 is 2.65 bits per heavy atom. The summed E-state index contributed by atoms with van der Waals surface area (Å²) < 4.78 is 0. The molecule has 0 unspecified atom stereocenters. The van der Waals surface area contributed by atoms with Crippen LogP contribution in [0.3, 0.4) is 0 Å². The standard InChI is InChI=1S/C16H18N2OS/c1-11-12(2)20-15(17-11)13-6-5-7-14(10-13)16(19)18-8-3-4-9-18/h5-7,10H,3-4,8-9H2,1-2H3. The number of hydrogen-bond donors (Lipinski definition) is 0. The van der Waals surface area contributed by atoms with E-state index in [1.54, 1.807) is 11.3 Å². The van der Waals surface area contributed by atoms with Crippen molar-refractivity contribution in [3.8, 4) is 10.6 Å². The second-order valence-electron chi connectivity index (χ2n) is 5.24. The zero-order chi connectivity index (χ0) is 14.1. The highest BCUT2D eigenvalue weighted by Crippen LogP contribution is 2.28. The minimum Gasteiger partial charge on any atom is -0.339 e. The number of carbonyl (C=O) groups excluding carboxylic acids is 1. The summed E-state index contributed by atoms with van der Waals surface area (Å²) in [5.74, 6) is 0.148. The van der Waals surface area contributed by atoms with E-state index in [0.717, 1.165) is 47.8 Å². The number of carbonyl (C=O) groups is 1. The monoisotopic (exact) mass is 286 g/mol. The van der Waals surface area contributed by atoms with Gasteiger partial charge < -0.3 is 4.90 Å². The third kappa shape index (κ3) is 2.48. The quantitative estimate of drug-likeness (QED) is 0.844. The van der Waals surface area contributed by atoms with Gasteiger partial charge in [-0.2, -0.15) is 0 Å². The van der Waals surface area contributed by atoms with Crippen molar-refractivity contribution in [2.75, 3.05) is 13.1 Å². The first kappa shape index (κ1) is 13.3. The molecule has 1 aromatic heterocycles. The predicted octanol–water partition coefficient (Wildman–Crippen LogP) is 3.66. The van der Waals surface area contributed by atoms with Gasteiger partial charge in [-0.1, -0.05) is 12.1 Å². The van der Waals surface area contributed by atoms with Crippen molar-refractivity contribution in [2.24, 2.45) is 0 Å². The lowest BCUT2D eigenvalue weighted by atomic mass is 10.1. The number of amides is 1. The molecule has 3 nitrogen and oxygen atoms in total. The van der Waals surface area contributed by atoms with E-state index in [9.17, 15) is 4.79 Å². The van der Waals surface area contributed by atoms with Crippen molar-refractivity contribution in [3.05, 3.63) is 40.4 Å². The van der Waals surface area contributed by atoms with Crippen LogP contribution >= 0.6 is 11.3 Å². The second kappa shape index (κ2) is 5.37. The van der Waals surface area contributed by atoms with Crippen molar-refractivity contribution in [1.82, 2.24) is 9.88 Å². The fraction of sp³-hybridized carbons (Fsp3) is 0.375. The van der Waals surface area contributed by atoms with E-state index >= 15 is 0 Å². The lowest BCUT2D eigenvalue weighted by Gasteiger charge is -2.15. The summed E-state index contributed by atoms with van der Waals surface area (Å²) >= 11 is 1.68. The number of likely N-dealkylation sites (tertiary alicyclic amines) is 1. The first-order valence-corrected chi connectivity index (χ1v) is 7.80. The lowest BCUT2D eigenvalue weighted by Crippen LogP contribution is -2.27. The van der Waals surface area contributed by atoms with Crippen molar-refractivity contribution in [2.45, 2.75) is 26.7 Å². The number of nitrogens with zero attached hydrogens (tertiary/aromatic N) is 2. The van der Waals surface area contributed by atoms with Gasteiger partial charge in [0.2, 0.25) is 0 Å². The fourth-order valence-electron chi connectivity index (χ4n) is 2.48. The topological polar surface area (TPSA) is 33.2 Å². The van der Waals surface area contributed by atoms with Crippen LogP contribution < -0.4 is 0 Å². The molecule has 3 rings (SSSR count). The molecule has 0 aliphatic carbocycles. The zero-order valence-electron chi connectivity index (χ0n) is 11.8. The Kier molecular flexibility index (Phi) is 3.57. The number of aryl methyl sites for hydroxylation is 2. The highest BCUT2D eigenvalue weighted by molar-refractivity contribution is 7.15. The molecule has 1 aliphatic heterocycles. The molecule has 1 amide bonds. The molecular formula is C16H18N2OS. The Morgan fingerprint density at radius 1 is 1.25 bits per heavy atom. The first-order valence-electron chi connectivity index (χ1n) is 6.99. The van der Waals surface area contributed by atoms with Crippen LogP contribution in [-0.2, 0) is 0 Å². The molecule has 20 heavy (non-hydrogen) atoms. The van der Waals surface area contributed by atoms with Crippen LogP contribution in [0.4, 0.5) is 0 Å². The number of thiazole rings is 1. The summed E-state index contributed by atoms with van der Waals surface area (Å²) in [6.45, 7) is 5.88. The molecule has 2 aromatic rings. The molecule has 0 bridgehead atoms. The fourth-order valence-corrected chi connectivity index (χ4v) is 3.40. The summed E-state index contributed by atoms with van der Waals surface area (Å²) in [7, 11) is 0. The Balaban J connectivity index is 1.91. The van der Waals surface area contributed by atoms with Gasteiger partial charge in [-0.05, 0) is 38.8 Å². The van der Waals surface area contributed by atoms with E-state index in [0.29, 0.717) is 0 Å². The Morgan fingerprint density at radius 2 is 2.00 bits per heavy atom. The molecule has 0 N–H and O–H groups in total. The summed E-state index contributed by atoms with van der Waals surface area (Å²) in [6.07, 6.45) is 2.24. The van der Waals surface area contributed by atoms with E-state index in [1.807, 2.05) is 36.1 Å². The van der Waals surface area contributed by atoms with Gasteiger partial charge in [-0.15, -0.1) is 11.3 Å². The van der Waals surface area contributed by atoms with Gasteiger partial charge >= 0.3 is 0 Å². The Hall–Kier alpha value is -1.68. The van der Waals surface area contributed by atoms with E-state index in [2.05, 4.69) is 11.9 Å². The molecule has 2 heterocycles. The maximum atomic E-state index is 12.4. The predicted molar refractivity (Wildman–Crippen MR) is 82.2 cm³/mol. The van der Waals surface area contributed by atoms with Crippen LogP contribution in [0.25, 0.3) is 10.6 Å². The third-order valence-electron chi connectivity index (χ3n) is 3.78. The van der Waals surface area contributed by atoms with Crippen LogP contribution in [0.1, 0.15) is 33.8 Å². The van der Waals surface area contributed by atoms with Gasteiger partial charge in [-0.25, -0.2) is 4.98 Å². The van der Waals surface area contributed by atoms with E-state index < -0.39 is 0 Å².